The molecule has 0 unspecified atom stereocenters. The molecule has 0 aromatic heterocycles. The van der Waals surface area contributed by atoms with Crippen LogP contribution in [-0.2, 0) is 14.8 Å². The number of carbonyl (C=O) groups excluding carboxylic acids is 2. The molecule has 0 aliphatic carbocycles. The Bertz CT molecular complexity index is 1110. The van der Waals surface area contributed by atoms with Crippen molar-refractivity contribution in [1.82, 2.24) is 4.31 Å². The third-order valence-electron chi connectivity index (χ3n) is 5.23. The minimum atomic E-state index is -3.69. The van der Waals surface area contributed by atoms with E-state index >= 15 is 0 Å². The van der Waals surface area contributed by atoms with Crippen LogP contribution >= 0.6 is 0 Å². The van der Waals surface area contributed by atoms with Crippen molar-refractivity contribution in [3.63, 3.8) is 0 Å². The van der Waals surface area contributed by atoms with Crippen LogP contribution in [0.25, 0.3) is 0 Å². The molecule has 3 rings (SSSR count). The molecular weight excluding hydrogens is 436 g/mol. The van der Waals surface area contributed by atoms with Crippen molar-refractivity contribution >= 4 is 27.6 Å². The number of sulfonamides is 1. The Morgan fingerprint density at radius 3 is 2.22 bits per heavy atom. The molecule has 10 heteroatoms. The van der Waals surface area contributed by atoms with Crippen LogP contribution < -0.4 is 14.8 Å². The molecule has 2 aromatic carbocycles. The summed E-state index contributed by atoms with van der Waals surface area (Å²) in [6.45, 7) is 0.930. The maximum absolute atomic E-state index is 13.0. The van der Waals surface area contributed by atoms with Crippen LogP contribution in [0.3, 0.4) is 0 Å². The summed E-state index contributed by atoms with van der Waals surface area (Å²) in [4.78, 5) is 25.2. The molecule has 1 aliphatic heterocycles. The normalized spacial score (nSPS) is 14.5. The third kappa shape index (κ3) is 4.86. The fourth-order valence-corrected chi connectivity index (χ4v) is 5.07. The maximum Gasteiger partial charge on any atom is 0.340 e. The van der Waals surface area contributed by atoms with Gasteiger partial charge >= 0.3 is 5.97 Å². The lowest BCUT2D eigenvalue weighted by Crippen LogP contribution is -2.35. The Balaban J connectivity index is 1.92. The van der Waals surface area contributed by atoms with Crippen molar-refractivity contribution in [2.45, 2.75) is 24.2 Å². The van der Waals surface area contributed by atoms with Crippen molar-refractivity contribution < 1.29 is 32.2 Å². The van der Waals surface area contributed by atoms with E-state index in [2.05, 4.69) is 5.32 Å². The highest BCUT2D eigenvalue weighted by Gasteiger charge is 2.27. The molecule has 9 nitrogen and oxygen atoms in total. The average Bonchev–Trinajstić information content (AvgIpc) is 2.83. The molecule has 0 radical (unpaired) electrons. The van der Waals surface area contributed by atoms with Crippen molar-refractivity contribution in [2.75, 3.05) is 39.7 Å². The number of nitrogens with zero attached hydrogens (tertiary/aromatic N) is 1. The van der Waals surface area contributed by atoms with Gasteiger partial charge in [-0.25, -0.2) is 13.2 Å². The highest BCUT2D eigenvalue weighted by atomic mass is 32.2. The summed E-state index contributed by atoms with van der Waals surface area (Å²) >= 11 is 0. The summed E-state index contributed by atoms with van der Waals surface area (Å²) < 4.78 is 42.6. The summed E-state index contributed by atoms with van der Waals surface area (Å²) in [6, 6.07) is 8.66. The first-order valence-electron chi connectivity index (χ1n) is 10.1. The molecule has 0 bridgehead atoms. The summed E-state index contributed by atoms with van der Waals surface area (Å²) in [6.07, 6.45) is 2.63. The number of rotatable bonds is 7. The van der Waals surface area contributed by atoms with Crippen LogP contribution in [0, 0.1) is 0 Å². The second kappa shape index (κ2) is 10.0. The number of methoxy groups -OCH3 is 3. The lowest BCUT2D eigenvalue weighted by molar-refractivity contribution is 0.0601. The van der Waals surface area contributed by atoms with E-state index in [9.17, 15) is 18.0 Å². The van der Waals surface area contributed by atoms with Gasteiger partial charge in [0.25, 0.3) is 5.91 Å². The Morgan fingerprint density at radius 2 is 1.59 bits per heavy atom. The van der Waals surface area contributed by atoms with E-state index in [1.54, 1.807) is 0 Å². The SMILES string of the molecule is COC(=O)c1cc(OC)c(OC)cc1NC(=O)c1cccc(S(=O)(=O)N2CCCCC2)c1. The Kier molecular flexibility index (Phi) is 7.37. The van der Waals surface area contributed by atoms with Gasteiger partial charge in [0.2, 0.25) is 10.0 Å². The lowest BCUT2D eigenvalue weighted by atomic mass is 10.1. The molecule has 1 amide bonds. The number of nitrogens with one attached hydrogen (secondary N) is 1. The first kappa shape index (κ1) is 23.6. The van der Waals surface area contributed by atoms with Gasteiger partial charge in [0.15, 0.2) is 11.5 Å². The van der Waals surface area contributed by atoms with E-state index in [-0.39, 0.29) is 21.7 Å². The molecule has 172 valence electrons. The van der Waals surface area contributed by atoms with E-state index in [1.165, 1.54) is 62.0 Å². The fourth-order valence-electron chi connectivity index (χ4n) is 3.51. The zero-order valence-corrected chi connectivity index (χ0v) is 19.0. The number of ether oxygens (including phenoxy) is 3. The lowest BCUT2D eigenvalue weighted by Gasteiger charge is -2.26. The van der Waals surface area contributed by atoms with Gasteiger partial charge in [0, 0.05) is 30.8 Å². The number of esters is 1. The molecule has 1 saturated heterocycles. The minimum Gasteiger partial charge on any atom is -0.493 e. The Morgan fingerprint density at radius 1 is 0.938 bits per heavy atom. The van der Waals surface area contributed by atoms with Gasteiger partial charge in [-0.3, -0.25) is 4.79 Å². The third-order valence-corrected chi connectivity index (χ3v) is 7.12. The smallest absolute Gasteiger partial charge is 0.340 e. The monoisotopic (exact) mass is 462 g/mol. The maximum atomic E-state index is 13.0. The molecule has 1 aliphatic rings. The van der Waals surface area contributed by atoms with Gasteiger partial charge in [-0.15, -0.1) is 0 Å². The average molecular weight is 463 g/mol. The molecule has 1 N–H and O–H groups in total. The van der Waals surface area contributed by atoms with Gasteiger partial charge in [0.1, 0.15) is 0 Å². The van der Waals surface area contributed by atoms with Crippen LogP contribution in [0.1, 0.15) is 40.0 Å². The molecular formula is C22H26N2O7S. The number of hydrogen-bond acceptors (Lipinski definition) is 7. The van der Waals surface area contributed by atoms with Crippen LogP contribution in [0.2, 0.25) is 0 Å². The standard InChI is InChI=1S/C22H26N2O7S/c1-29-19-13-17(22(26)31-3)18(14-20(19)30-2)23-21(25)15-8-7-9-16(12-15)32(27,28)24-10-5-4-6-11-24/h7-9,12-14H,4-6,10-11H2,1-3H3,(H,23,25). The molecule has 2 aromatic rings. The van der Waals surface area contributed by atoms with Gasteiger partial charge in [-0.05, 0) is 31.0 Å². The van der Waals surface area contributed by atoms with Gasteiger partial charge in [-0.2, -0.15) is 4.31 Å². The van der Waals surface area contributed by atoms with Crippen LogP contribution in [0.15, 0.2) is 41.3 Å². The van der Waals surface area contributed by atoms with E-state index in [1.807, 2.05) is 0 Å². The second-order valence-electron chi connectivity index (χ2n) is 7.19. The van der Waals surface area contributed by atoms with Crippen molar-refractivity contribution in [3.05, 3.63) is 47.5 Å². The van der Waals surface area contributed by atoms with E-state index < -0.39 is 21.9 Å². The fraction of sp³-hybridized carbons (Fsp3) is 0.364. The van der Waals surface area contributed by atoms with Crippen LogP contribution in [0.5, 0.6) is 11.5 Å². The zero-order chi connectivity index (χ0) is 23.3. The number of carbonyl (C=O) groups is 2. The summed E-state index contributed by atoms with van der Waals surface area (Å²) in [5.74, 6) is -0.668. The zero-order valence-electron chi connectivity index (χ0n) is 18.2. The molecule has 0 spiro atoms. The van der Waals surface area contributed by atoms with Crippen LogP contribution in [-0.4, -0.2) is 59.0 Å². The number of benzene rings is 2. The Labute approximate surface area is 187 Å². The quantitative estimate of drug-likeness (QED) is 0.630. The summed E-state index contributed by atoms with van der Waals surface area (Å²) in [5, 5.41) is 2.64. The van der Waals surface area contributed by atoms with E-state index in [0.29, 0.717) is 24.6 Å². The number of piperidine rings is 1. The van der Waals surface area contributed by atoms with Gasteiger partial charge < -0.3 is 19.5 Å². The summed E-state index contributed by atoms with van der Waals surface area (Å²) in [5.41, 5.74) is 0.341. The van der Waals surface area contributed by atoms with Crippen LogP contribution in [0.4, 0.5) is 5.69 Å². The second-order valence-corrected chi connectivity index (χ2v) is 9.13. The molecule has 1 heterocycles. The van der Waals surface area contributed by atoms with E-state index in [0.717, 1.165) is 19.3 Å². The molecule has 0 saturated carbocycles. The highest BCUT2D eigenvalue weighted by Crippen LogP contribution is 2.34. The summed E-state index contributed by atoms with van der Waals surface area (Å²) in [7, 11) is 0.377. The minimum absolute atomic E-state index is 0.0487. The largest absolute Gasteiger partial charge is 0.493 e. The van der Waals surface area contributed by atoms with Crippen molar-refractivity contribution in [2.24, 2.45) is 0 Å². The molecule has 1 fully saturated rings. The van der Waals surface area contributed by atoms with Gasteiger partial charge in [-0.1, -0.05) is 12.5 Å². The predicted molar refractivity (Wildman–Crippen MR) is 118 cm³/mol. The molecule has 32 heavy (non-hydrogen) atoms. The number of hydrogen-bond donors (Lipinski definition) is 1. The topological polar surface area (TPSA) is 111 Å². The van der Waals surface area contributed by atoms with Crippen molar-refractivity contribution in [3.8, 4) is 11.5 Å². The van der Waals surface area contributed by atoms with Crippen molar-refractivity contribution in [1.29, 1.82) is 0 Å². The predicted octanol–water partition coefficient (Wildman–Crippen LogP) is 2.92. The first-order valence-corrected chi connectivity index (χ1v) is 11.5. The first-order chi connectivity index (χ1) is 15.3. The van der Waals surface area contributed by atoms with Gasteiger partial charge in [0.05, 0.1) is 37.5 Å². The number of anilines is 1. The Hall–Kier alpha value is -3.11. The molecule has 0 atom stereocenters. The number of amides is 1. The highest BCUT2D eigenvalue weighted by molar-refractivity contribution is 7.89. The van der Waals surface area contributed by atoms with E-state index in [4.69, 9.17) is 14.2 Å².